The van der Waals surface area contributed by atoms with Crippen LogP contribution < -0.4 is 4.74 Å². The Morgan fingerprint density at radius 1 is 1.33 bits per heavy atom. The number of halogens is 4. The highest BCUT2D eigenvalue weighted by atomic mass is 35.5. The molecule has 0 aliphatic heterocycles. The fourth-order valence-corrected chi connectivity index (χ4v) is 1.07. The molecule has 0 radical (unpaired) electrons. The van der Waals surface area contributed by atoms with E-state index in [1.165, 1.54) is 0 Å². The van der Waals surface area contributed by atoms with E-state index in [0.717, 1.165) is 12.1 Å². The number of hydrogen-bond acceptors (Lipinski definition) is 3. The lowest BCUT2D eigenvalue weighted by Gasteiger charge is -2.08. The topological polar surface area (TPSA) is 52.4 Å². The van der Waals surface area contributed by atoms with Gasteiger partial charge >= 0.3 is 6.36 Å². The largest absolute Gasteiger partial charge is 0.573 e. The lowest BCUT2D eigenvalue weighted by molar-refractivity contribution is -0.385. The Labute approximate surface area is 86.4 Å². The van der Waals surface area contributed by atoms with Gasteiger partial charge in [-0.15, -0.1) is 13.2 Å². The van der Waals surface area contributed by atoms with Gasteiger partial charge < -0.3 is 4.74 Å². The minimum Gasteiger partial charge on any atom is -0.405 e. The molecule has 82 valence electrons. The van der Waals surface area contributed by atoms with E-state index in [1.54, 1.807) is 0 Å². The van der Waals surface area contributed by atoms with Gasteiger partial charge in [0.1, 0.15) is 5.75 Å². The first-order valence-corrected chi connectivity index (χ1v) is 3.86. The van der Waals surface area contributed by atoms with Crippen molar-refractivity contribution in [2.75, 3.05) is 0 Å². The molecule has 0 unspecified atom stereocenters. The van der Waals surface area contributed by atoms with Crippen LogP contribution in [0.5, 0.6) is 5.75 Å². The second kappa shape index (κ2) is 3.93. The summed E-state index contributed by atoms with van der Waals surface area (Å²) in [5.41, 5.74) is -0.568. The van der Waals surface area contributed by atoms with Gasteiger partial charge in [0, 0.05) is 6.07 Å². The van der Waals surface area contributed by atoms with Gasteiger partial charge in [-0.05, 0) is 6.07 Å². The highest BCUT2D eigenvalue weighted by Gasteiger charge is 2.31. The average molecular weight is 242 g/mol. The molecule has 0 bridgehead atoms. The van der Waals surface area contributed by atoms with Crippen molar-refractivity contribution in [1.82, 2.24) is 0 Å². The van der Waals surface area contributed by atoms with E-state index in [-0.39, 0.29) is 5.02 Å². The van der Waals surface area contributed by atoms with Crippen LogP contribution >= 0.6 is 11.6 Å². The molecule has 1 rings (SSSR count). The molecule has 1 aromatic carbocycles. The second-order valence-corrected chi connectivity index (χ2v) is 2.89. The number of ether oxygens (including phenoxy) is 1. The zero-order chi connectivity index (χ0) is 11.6. The molecule has 15 heavy (non-hydrogen) atoms. The van der Waals surface area contributed by atoms with E-state index >= 15 is 0 Å². The number of rotatable bonds is 2. The smallest absolute Gasteiger partial charge is 0.405 e. The predicted octanol–water partition coefficient (Wildman–Crippen LogP) is 3.15. The van der Waals surface area contributed by atoms with Crippen molar-refractivity contribution in [3.05, 3.63) is 33.3 Å². The summed E-state index contributed by atoms with van der Waals surface area (Å²) in [4.78, 5) is 9.42. The minimum absolute atomic E-state index is 0.205. The number of benzene rings is 1. The maximum atomic E-state index is 11.8. The van der Waals surface area contributed by atoms with Crippen molar-refractivity contribution in [2.45, 2.75) is 6.36 Å². The first-order valence-electron chi connectivity index (χ1n) is 3.48. The third kappa shape index (κ3) is 3.62. The first kappa shape index (κ1) is 11.6. The molecular weight excluding hydrogens is 239 g/mol. The second-order valence-electron chi connectivity index (χ2n) is 2.45. The molecular formula is C7H3ClF3NO3. The normalized spacial score (nSPS) is 11.2. The van der Waals surface area contributed by atoms with Gasteiger partial charge in [0.05, 0.1) is 16.0 Å². The van der Waals surface area contributed by atoms with Crippen LogP contribution in [-0.2, 0) is 0 Å². The van der Waals surface area contributed by atoms with Crippen molar-refractivity contribution in [3.8, 4) is 5.75 Å². The zero-order valence-electron chi connectivity index (χ0n) is 6.92. The zero-order valence-corrected chi connectivity index (χ0v) is 7.67. The molecule has 0 aliphatic rings. The Hall–Kier alpha value is -1.50. The van der Waals surface area contributed by atoms with E-state index in [0.29, 0.717) is 6.07 Å². The summed E-state index contributed by atoms with van der Waals surface area (Å²) in [6, 6.07) is 2.40. The Bertz CT molecular complexity index is 394. The van der Waals surface area contributed by atoms with Crippen molar-refractivity contribution >= 4 is 17.3 Å². The summed E-state index contributed by atoms with van der Waals surface area (Å²) in [6.07, 6.45) is -4.90. The van der Waals surface area contributed by atoms with Crippen LogP contribution in [0.25, 0.3) is 0 Å². The van der Waals surface area contributed by atoms with Gasteiger partial charge in [0.25, 0.3) is 5.69 Å². The molecule has 0 heterocycles. The standard InChI is InChI=1S/C7H3ClF3NO3/c8-4-1-5(12(13)14)3-6(2-4)15-7(9,10)11/h1-3H. The Balaban J connectivity index is 3.04. The summed E-state index contributed by atoms with van der Waals surface area (Å²) >= 11 is 5.37. The van der Waals surface area contributed by atoms with Crippen molar-refractivity contribution in [3.63, 3.8) is 0 Å². The number of nitro groups is 1. The maximum Gasteiger partial charge on any atom is 0.573 e. The van der Waals surface area contributed by atoms with E-state index in [2.05, 4.69) is 4.74 Å². The van der Waals surface area contributed by atoms with Gasteiger partial charge in [-0.2, -0.15) is 0 Å². The molecule has 8 heteroatoms. The van der Waals surface area contributed by atoms with Crippen molar-refractivity contribution in [1.29, 1.82) is 0 Å². The summed E-state index contributed by atoms with van der Waals surface area (Å²) in [7, 11) is 0. The molecule has 0 amide bonds. The van der Waals surface area contributed by atoms with Crippen LogP contribution in [0, 0.1) is 10.1 Å². The van der Waals surface area contributed by atoms with Crippen LogP contribution in [0.3, 0.4) is 0 Å². The molecule has 0 saturated heterocycles. The quantitative estimate of drug-likeness (QED) is 0.590. The number of hydrogen-bond donors (Lipinski definition) is 0. The fourth-order valence-electron chi connectivity index (χ4n) is 0.846. The highest BCUT2D eigenvalue weighted by Crippen LogP contribution is 2.29. The molecule has 1 aromatic rings. The van der Waals surface area contributed by atoms with E-state index in [9.17, 15) is 23.3 Å². The van der Waals surface area contributed by atoms with Crippen LogP contribution in [0.1, 0.15) is 0 Å². The number of non-ortho nitro benzene ring substituents is 1. The Morgan fingerprint density at radius 3 is 2.40 bits per heavy atom. The Morgan fingerprint density at radius 2 is 1.93 bits per heavy atom. The summed E-state index contributed by atoms with van der Waals surface area (Å²) in [5, 5.41) is 10.1. The third-order valence-electron chi connectivity index (χ3n) is 1.30. The molecule has 0 aliphatic carbocycles. The van der Waals surface area contributed by atoms with Crippen molar-refractivity contribution in [2.24, 2.45) is 0 Å². The molecule has 0 fully saturated rings. The summed E-state index contributed by atoms with van der Waals surface area (Å²) in [5.74, 6) is -0.721. The van der Waals surface area contributed by atoms with Gasteiger partial charge in [-0.25, -0.2) is 0 Å². The number of nitrogens with zero attached hydrogens (tertiary/aromatic N) is 1. The average Bonchev–Trinajstić information content (AvgIpc) is 1.99. The van der Waals surface area contributed by atoms with Crippen LogP contribution in [0.2, 0.25) is 5.02 Å². The van der Waals surface area contributed by atoms with Gasteiger partial charge in [-0.3, -0.25) is 10.1 Å². The lowest BCUT2D eigenvalue weighted by Crippen LogP contribution is -2.17. The van der Waals surface area contributed by atoms with E-state index in [4.69, 9.17) is 11.6 Å². The van der Waals surface area contributed by atoms with E-state index < -0.39 is 22.7 Å². The first-order chi connectivity index (χ1) is 6.78. The Kier molecular flexibility index (Phi) is 3.04. The van der Waals surface area contributed by atoms with Crippen LogP contribution in [0.4, 0.5) is 18.9 Å². The fraction of sp³-hybridized carbons (Fsp3) is 0.143. The molecule has 0 spiro atoms. The lowest BCUT2D eigenvalue weighted by atomic mass is 10.3. The molecule has 0 aromatic heterocycles. The minimum atomic E-state index is -4.90. The molecule has 0 atom stereocenters. The van der Waals surface area contributed by atoms with Gasteiger partial charge in [-0.1, -0.05) is 11.6 Å². The highest BCUT2D eigenvalue weighted by molar-refractivity contribution is 6.30. The van der Waals surface area contributed by atoms with Crippen LogP contribution in [0.15, 0.2) is 18.2 Å². The number of alkyl halides is 3. The van der Waals surface area contributed by atoms with Crippen LogP contribution in [-0.4, -0.2) is 11.3 Å². The van der Waals surface area contributed by atoms with E-state index in [1.807, 2.05) is 0 Å². The predicted molar refractivity (Wildman–Crippen MR) is 44.8 cm³/mol. The van der Waals surface area contributed by atoms with Crippen molar-refractivity contribution < 1.29 is 22.8 Å². The molecule has 0 saturated carbocycles. The number of nitro benzene ring substituents is 1. The molecule has 0 N–H and O–H groups in total. The SMILES string of the molecule is O=[N+]([O-])c1cc(Cl)cc(OC(F)(F)F)c1. The third-order valence-corrected chi connectivity index (χ3v) is 1.52. The summed E-state index contributed by atoms with van der Waals surface area (Å²) < 4.78 is 38.8. The maximum absolute atomic E-state index is 11.8. The summed E-state index contributed by atoms with van der Waals surface area (Å²) in [6.45, 7) is 0. The van der Waals surface area contributed by atoms with Gasteiger partial charge in [0.15, 0.2) is 0 Å². The monoisotopic (exact) mass is 241 g/mol. The molecule has 4 nitrogen and oxygen atoms in total. The van der Waals surface area contributed by atoms with Gasteiger partial charge in [0.2, 0.25) is 0 Å².